The molecular weight excluding hydrogens is 412 g/mol. The van der Waals surface area contributed by atoms with E-state index in [1.54, 1.807) is 6.07 Å². The number of anilines is 2. The highest BCUT2D eigenvalue weighted by atomic mass is 32.1. The molecule has 1 aromatic carbocycles. The number of thiophene rings is 1. The number of rotatable bonds is 10. The molecule has 0 saturated carbocycles. The van der Waals surface area contributed by atoms with Gasteiger partial charge in [0.2, 0.25) is 0 Å². The molecule has 3 N–H and O–H groups in total. The van der Waals surface area contributed by atoms with Crippen LogP contribution in [0.4, 0.5) is 11.5 Å². The van der Waals surface area contributed by atoms with Crippen molar-refractivity contribution in [3.8, 4) is 0 Å². The number of nitrogens with zero attached hydrogens (tertiary/aromatic N) is 1. The first-order valence-corrected chi connectivity index (χ1v) is 11.4. The van der Waals surface area contributed by atoms with Crippen molar-refractivity contribution in [2.75, 3.05) is 11.9 Å². The zero-order valence-electron chi connectivity index (χ0n) is 17.9. The Balaban J connectivity index is 1.49. The summed E-state index contributed by atoms with van der Waals surface area (Å²) in [7, 11) is 0. The normalized spacial score (nSPS) is 10.8. The van der Waals surface area contributed by atoms with Crippen LogP contribution < -0.4 is 21.9 Å². The van der Waals surface area contributed by atoms with Gasteiger partial charge in [0.25, 0.3) is 11.5 Å². The van der Waals surface area contributed by atoms with Crippen LogP contribution in [0.3, 0.4) is 0 Å². The van der Waals surface area contributed by atoms with Crippen molar-refractivity contribution < 1.29 is 4.79 Å². The van der Waals surface area contributed by atoms with Gasteiger partial charge in [0.15, 0.2) is 0 Å². The van der Waals surface area contributed by atoms with E-state index in [0.717, 1.165) is 24.9 Å². The molecule has 0 saturated heterocycles. The number of carbonyl (C=O) groups is 1. The van der Waals surface area contributed by atoms with Gasteiger partial charge in [0, 0.05) is 24.8 Å². The van der Waals surface area contributed by atoms with Crippen molar-refractivity contribution in [3.63, 3.8) is 0 Å². The third-order valence-electron chi connectivity index (χ3n) is 5.12. The first-order valence-electron chi connectivity index (χ1n) is 10.5. The second-order valence-corrected chi connectivity index (χ2v) is 8.34. The SMILES string of the molecule is CCc1cc(Nc2cc(=O)n(CCCCCNC(=O)c3cccs3)c(=O)[nH]2)ccc1C. The smallest absolute Gasteiger partial charge is 0.329 e. The molecule has 0 unspecified atom stereocenters. The van der Waals surface area contributed by atoms with E-state index in [4.69, 9.17) is 0 Å². The maximum absolute atomic E-state index is 12.4. The molecule has 31 heavy (non-hydrogen) atoms. The third-order valence-corrected chi connectivity index (χ3v) is 5.99. The van der Waals surface area contributed by atoms with E-state index in [0.29, 0.717) is 30.2 Å². The molecule has 8 heteroatoms. The van der Waals surface area contributed by atoms with Crippen LogP contribution >= 0.6 is 11.3 Å². The number of nitrogens with one attached hydrogen (secondary N) is 3. The van der Waals surface area contributed by atoms with E-state index in [-0.39, 0.29) is 11.5 Å². The summed E-state index contributed by atoms with van der Waals surface area (Å²) in [4.78, 5) is 40.1. The Kier molecular flexibility index (Phi) is 7.83. The van der Waals surface area contributed by atoms with Gasteiger partial charge in [-0.05, 0) is 67.3 Å². The van der Waals surface area contributed by atoms with Gasteiger partial charge in [-0.3, -0.25) is 19.1 Å². The van der Waals surface area contributed by atoms with Crippen molar-refractivity contribution in [1.82, 2.24) is 14.9 Å². The number of aryl methyl sites for hydroxylation is 2. The standard InChI is InChI=1S/C23H28N4O3S/c1-3-17-14-18(10-9-16(17)2)25-20-15-21(28)27(23(30)26-20)12-6-4-5-11-24-22(29)19-8-7-13-31-19/h7-10,13-15,25H,3-6,11-12H2,1-2H3,(H,24,29)(H,26,30). The molecule has 3 aromatic rings. The van der Waals surface area contributed by atoms with Gasteiger partial charge in [-0.25, -0.2) is 4.79 Å². The fourth-order valence-electron chi connectivity index (χ4n) is 3.35. The van der Waals surface area contributed by atoms with E-state index in [9.17, 15) is 14.4 Å². The molecule has 2 aromatic heterocycles. The second kappa shape index (κ2) is 10.8. The number of H-pyrrole nitrogens is 1. The number of aromatic amines is 1. The number of amides is 1. The van der Waals surface area contributed by atoms with Crippen LogP contribution in [-0.2, 0) is 13.0 Å². The molecular formula is C23H28N4O3S. The Labute approximate surface area is 185 Å². The maximum Gasteiger partial charge on any atom is 0.329 e. The lowest BCUT2D eigenvalue weighted by Gasteiger charge is -2.11. The zero-order valence-corrected chi connectivity index (χ0v) is 18.7. The molecule has 0 fully saturated rings. The van der Waals surface area contributed by atoms with Crippen molar-refractivity contribution in [2.45, 2.75) is 46.1 Å². The lowest BCUT2D eigenvalue weighted by Crippen LogP contribution is -2.35. The Morgan fingerprint density at radius 2 is 1.97 bits per heavy atom. The van der Waals surface area contributed by atoms with Crippen molar-refractivity contribution in [2.24, 2.45) is 0 Å². The molecule has 7 nitrogen and oxygen atoms in total. The first kappa shape index (κ1) is 22.6. The van der Waals surface area contributed by atoms with E-state index >= 15 is 0 Å². The second-order valence-electron chi connectivity index (χ2n) is 7.39. The van der Waals surface area contributed by atoms with Crippen LogP contribution in [0.15, 0.2) is 51.4 Å². The summed E-state index contributed by atoms with van der Waals surface area (Å²) in [6.07, 6.45) is 3.19. The number of hydrogen-bond acceptors (Lipinski definition) is 5. The van der Waals surface area contributed by atoms with Crippen LogP contribution in [-0.4, -0.2) is 22.0 Å². The molecule has 3 rings (SSSR count). The number of unbranched alkanes of at least 4 members (excludes halogenated alkanes) is 2. The van der Waals surface area contributed by atoms with Crippen molar-refractivity contribution in [1.29, 1.82) is 0 Å². The van der Waals surface area contributed by atoms with E-state index in [2.05, 4.69) is 29.5 Å². The quantitative estimate of drug-likeness (QED) is 0.418. The number of benzene rings is 1. The largest absolute Gasteiger partial charge is 0.351 e. The zero-order chi connectivity index (χ0) is 22.2. The molecule has 1 amide bonds. The molecule has 2 heterocycles. The molecule has 164 valence electrons. The third kappa shape index (κ3) is 6.18. The summed E-state index contributed by atoms with van der Waals surface area (Å²) in [6.45, 7) is 5.06. The maximum atomic E-state index is 12.4. The van der Waals surface area contributed by atoms with E-state index < -0.39 is 5.69 Å². The summed E-state index contributed by atoms with van der Waals surface area (Å²) in [5.41, 5.74) is 2.50. The Morgan fingerprint density at radius 1 is 1.13 bits per heavy atom. The van der Waals surface area contributed by atoms with E-state index in [1.807, 2.05) is 29.6 Å². The monoisotopic (exact) mass is 440 g/mol. The minimum absolute atomic E-state index is 0.0645. The average Bonchev–Trinajstić information content (AvgIpc) is 3.28. The van der Waals surface area contributed by atoms with Crippen LogP contribution in [0.2, 0.25) is 0 Å². The summed E-state index contributed by atoms with van der Waals surface area (Å²) in [5, 5.41) is 7.86. The fraction of sp³-hybridized carbons (Fsp3) is 0.348. The molecule has 0 aliphatic carbocycles. The van der Waals surface area contributed by atoms with Gasteiger partial charge in [-0.1, -0.05) is 19.1 Å². The minimum atomic E-state index is -0.427. The van der Waals surface area contributed by atoms with Gasteiger partial charge in [0.1, 0.15) is 5.82 Å². The first-order chi connectivity index (χ1) is 15.0. The summed E-state index contributed by atoms with van der Waals surface area (Å²) < 4.78 is 1.21. The van der Waals surface area contributed by atoms with Crippen LogP contribution in [0.25, 0.3) is 0 Å². The van der Waals surface area contributed by atoms with Crippen LogP contribution in [0.5, 0.6) is 0 Å². The van der Waals surface area contributed by atoms with Gasteiger partial charge >= 0.3 is 5.69 Å². The molecule has 0 aliphatic heterocycles. The Morgan fingerprint density at radius 3 is 2.68 bits per heavy atom. The van der Waals surface area contributed by atoms with Crippen LogP contribution in [0, 0.1) is 6.92 Å². The fourth-order valence-corrected chi connectivity index (χ4v) is 3.99. The number of aromatic nitrogens is 2. The lowest BCUT2D eigenvalue weighted by molar-refractivity contribution is 0.0957. The minimum Gasteiger partial charge on any atom is -0.351 e. The topological polar surface area (TPSA) is 96.0 Å². The molecule has 0 atom stereocenters. The highest BCUT2D eigenvalue weighted by Gasteiger charge is 2.07. The van der Waals surface area contributed by atoms with Gasteiger partial charge in [-0.2, -0.15) is 0 Å². The predicted molar refractivity (Wildman–Crippen MR) is 126 cm³/mol. The summed E-state index contributed by atoms with van der Waals surface area (Å²) in [6, 6.07) is 11.0. The Hall–Kier alpha value is -3.13. The van der Waals surface area contributed by atoms with Crippen molar-refractivity contribution in [3.05, 3.63) is 78.6 Å². The average molecular weight is 441 g/mol. The van der Waals surface area contributed by atoms with Gasteiger partial charge in [0.05, 0.1) is 4.88 Å². The van der Waals surface area contributed by atoms with E-state index in [1.165, 1.54) is 33.1 Å². The highest BCUT2D eigenvalue weighted by molar-refractivity contribution is 7.12. The predicted octanol–water partition coefficient (Wildman–Crippen LogP) is 3.81. The molecule has 0 spiro atoms. The number of hydrogen-bond donors (Lipinski definition) is 3. The molecule has 0 radical (unpaired) electrons. The highest BCUT2D eigenvalue weighted by Crippen LogP contribution is 2.18. The summed E-state index contributed by atoms with van der Waals surface area (Å²) >= 11 is 1.41. The number of carbonyl (C=O) groups excluding carboxylic acids is 1. The Bertz CT molecular complexity index is 1100. The lowest BCUT2D eigenvalue weighted by atomic mass is 10.1. The van der Waals surface area contributed by atoms with Crippen molar-refractivity contribution >= 4 is 28.7 Å². The molecule has 0 aliphatic rings. The van der Waals surface area contributed by atoms with Crippen LogP contribution in [0.1, 0.15) is 47.0 Å². The van der Waals surface area contributed by atoms with Gasteiger partial charge in [-0.15, -0.1) is 11.3 Å². The van der Waals surface area contributed by atoms with Gasteiger partial charge < -0.3 is 10.6 Å². The molecule has 0 bridgehead atoms. The summed E-state index contributed by atoms with van der Waals surface area (Å²) in [5.74, 6) is 0.318.